The maximum Gasteiger partial charge on any atom is 0.253 e. The maximum absolute atomic E-state index is 13.2. The summed E-state index contributed by atoms with van der Waals surface area (Å²) in [5.74, 6) is -0.411. The van der Waals surface area contributed by atoms with Crippen molar-refractivity contribution in [3.05, 3.63) is 101 Å². The number of carbonyl (C=O) groups is 2. The van der Waals surface area contributed by atoms with E-state index < -0.39 is 0 Å². The van der Waals surface area contributed by atoms with Gasteiger partial charge in [0.2, 0.25) is 5.91 Å². The number of nitrogens with zero attached hydrogens (tertiary/aromatic N) is 1. The first-order chi connectivity index (χ1) is 17.1. The summed E-state index contributed by atoms with van der Waals surface area (Å²) in [6.45, 7) is 2.67. The topological polar surface area (TPSA) is 70.7 Å². The minimum Gasteiger partial charge on any atom is -0.385 e. The smallest absolute Gasteiger partial charge is 0.253 e. The maximum atomic E-state index is 13.2. The van der Waals surface area contributed by atoms with E-state index in [0.717, 1.165) is 37.2 Å². The molecule has 1 heterocycles. The van der Waals surface area contributed by atoms with Gasteiger partial charge in [0.25, 0.3) is 5.91 Å². The van der Waals surface area contributed by atoms with Crippen molar-refractivity contribution in [1.82, 2.24) is 5.32 Å². The van der Waals surface area contributed by atoms with Crippen LogP contribution in [0.5, 0.6) is 0 Å². The second-order valence-electron chi connectivity index (χ2n) is 8.51. The molecule has 0 fully saturated rings. The molecule has 6 heteroatoms. The second kappa shape index (κ2) is 12.0. The number of hydrogen-bond donors (Lipinski definition) is 2. The molecule has 2 N–H and O–H groups in total. The summed E-state index contributed by atoms with van der Waals surface area (Å²) in [4.78, 5) is 27.9. The first-order valence-corrected chi connectivity index (χ1v) is 11.9. The molecule has 0 unspecified atom stereocenters. The third kappa shape index (κ3) is 6.58. The Bertz CT molecular complexity index is 1190. The van der Waals surface area contributed by atoms with Gasteiger partial charge in [-0.1, -0.05) is 54.6 Å². The van der Waals surface area contributed by atoms with E-state index in [2.05, 4.69) is 33.7 Å². The fraction of sp³-hybridized carbons (Fsp3) is 0.241. The Balaban J connectivity index is 1.53. The summed E-state index contributed by atoms with van der Waals surface area (Å²) in [7, 11) is 1.65. The van der Waals surface area contributed by atoms with Crippen LogP contribution in [0.4, 0.5) is 11.4 Å². The third-order valence-corrected chi connectivity index (χ3v) is 6.02. The molecule has 0 atom stereocenters. The molecular formula is C29H31N3O3. The lowest BCUT2D eigenvalue weighted by atomic mass is 9.98. The van der Waals surface area contributed by atoms with Crippen LogP contribution < -0.4 is 15.5 Å². The van der Waals surface area contributed by atoms with Crippen molar-refractivity contribution in [2.24, 2.45) is 0 Å². The predicted molar refractivity (Wildman–Crippen MR) is 141 cm³/mol. The van der Waals surface area contributed by atoms with Crippen molar-refractivity contribution in [2.45, 2.75) is 19.4 Å². The molecule has 0 radical (unpaired) electrons. The monoisotopic (exact) mass is 469 g/mol. The molecule has 1 aliphatic heterocycles. The predicted octanol–water partition coefficient (Wildman–Crippen LogP) is 4.67. The van der Waals surface area contributed by atoms with Crippen molar-refractivity contribution in [1.29, 1.82) is 0 Å². The molecule has 0 saturated heterocycles. The molecule has 0 bridgehead atoms. The van der Waals surface area contributed by atoms with Crippen LogP contribution in [0.3, 0.4) is 0 Å². The van der Waals surface area contributed by atoms with Crippen molar-refractivity contribution < 1.29 is 14.3 Å². The Kier molecular flexibility index (Phi) is 8.30. The number of rotatable bonds is 9. The lowest BCUT2D eigenvalue weighted by Gasteiger charge is -2.32. The standard InChI is InChI=1S/C29H31N3O3/c1-35-19-7-17-30-29(34)26-20-25(31-28(33)15-12-22-8-3-2-4-9-22)13-14-27(26)32-18-16-23-10-5-6-11-24(23)21-32/h2-6,8-15,20H,7,16-19,21H2,1H3,(H,30,34)(H,31,33)/b15-12+. The number of anilines is 2. The van der Waals surface area contributed by atoms with Crippen LogP contribution >= 0.6 is 0 Å². The molecule has 35 heavy (non-hydrogen) atoms. The normalized spacial score (nSPS) is 12.9. The van der Waals surface area contributed by atoms with E-state index in [1.54, 1.807) is 19.3 Å². The van der Waals surface area contributed by atoms with Gasteiger partial charge in [0, 0.05) is 50.8 Å². The Morgan fingerprint density at radius 2 is 1.77 bits per heavy atom. The number of carbonyl (C=O) groups excluding carboxylic acids is 2. The number of hydrogen-bond acceptors (Lipinski definition) is 4. The van der Waals surface area contributed by atoms with E-state index in [0.29, 0.717) is 24.4 Å². The van der Waals surface area contributed by atoms with E-state index in [-0.39, 0.29) is 11.8 Å². The van der Waals surface area contributed by atoms with Crippen LogP contribution in [-0.4, -0.2) is 38.6 Å². The number of fused-ring (bicyclic) bond motifs is 1. The molecule has 180 valence electrons. The van der Waals surface area contributed by atoms with Crippen molar-refractivity contribution in [3.63, 3.8) is 0 Å². The van der Waals surface area contributed by atoms with Gasteiger partial charge in [0.1, 0.15) is 0 Å². The minimum atomic E-state index is -0.250. The molecule has 0 aromatic heterocycles. The fourth-order valence-corrected chi connectivity index (χ4v) is 4.21. The summed E-state index contributed by atoms with van der Waals surface area (Å²) >= 11 is 0. The molecule has 3 aromatic carbocycles. The summed E-state index contributed by atoms with van der Waals surface area (Å²) in [6, 6.07) is 23.6. The first kappa shape index (κ1) is 24.2. The van der Waals surface area contributed by atoms with E-state index in [4.69, 9.17) is 4.74 Å². The van der Waals surface area contributed by atoms with Gasteiger partial charge in [0.05, 0.1) is 5.56 Å². The van der Waals surface area contributed by atoms with Crippen LogP contribution in [-0.2, 0) is 22.5 Å². The number of benzene rings is 3. The molecule has 0 aliphatic carbocycles. The van der Waals surface area contributed by atoms with Crippen LogP contribution in [0.25, 0.3) is 6.08 Å². The third-order valence-electron chi connectivity index (χ3n) is 6.02. The quantitative estimate of drug-likeness (QED) is 0.353. The highest BCUT2D eigenvalue weighted by Gasteiger charge is 2.22. The fourth-order valence-electron chi connectivity index (χ4n) is 4.21. The van der Waals surface area contributed by atoms with Crippen LogP contribution in [0, 0.1) is 0 Å². The molecule has 0 saturated carbocycles. The van der Waals surface area contributed by atoms with Gasteiger partial charge in [-0.2, -0.15) is 0 Å². The summed E-state index contributed by atoms with van der Waals surface area (Å²) in [6.07, 6.45) is 4.91. The zero-order valence-electron chi connectivity index (χ0n) is 20.0. The molecule has 4 rings (SSSR count). The van der Waals surface area contributed by atoms with E-state index in [1.165, 1.54) is 17.2 Å². The zero-order chi connectivity index (χ0) is 24.5. The van der Waals surface area contributed by atoms with Gasteiger partial charge in [0.15, 0.2) is 0 Å². The highest BCUT2D eigenvalue weighted by molar-refractivity contribution is 6.05. The number of methoxy groups -OCH3 is 1. The van der Waals surface area contributed by atoms with E-state index in [1.807, 2.05) is 48.5 Å². The lowest BCUT2D eigenvalue weighted by Crippen LogP contribution is -2.33. The lowest BCUT2D eigenvalue weighted by molar-refractivity contribution is -0.111. The zero-order valence-corrected chi connectivity index (χ0v) is 20.0. The van der Waals surface area contributed by atoms with E-state index >= 15 is 0 Å². The van der Waals surface area contributed by atoms with Crippen molar-refractivity contribution in [2.75, 3.05) is 37.0 Å². The van der Waals surface area contributed by atoms with Gasteiger partial charge in [-0.05, 0) is 53.8 Å². The van der Waals surface area contributed by atoms with Crippen molar-refractivity contribution >= 4 is 29.3 Å². The first-order valence-electron chi connectivity index (χ1n) is 11.9. The second-order valence-corrected chi connectivity index (χ2v) is 8.51. The van der Waals surface area contributed by atoms with Crippen LogP contribution in [0.15, 0.2) is 78.9 Å². The van der Waals surface area contributed by atoms with Gasteiger partial charge < -0.3 is 20.3 Å². The van der Waals surface area contributed by atoms with Crippen LogP contribution in [0.1, 0.15) is 33.5 Å². The highest BCUT2D eigenvalue weighted by atomic mass is 16.5. The molecule has 0 spiro atoms. The largest absolute Gasteiger partial charge is 0.385 e. The Labute approximate surface area is 206 Å². The van der Waals surface area contributed by atoms with Gasteiger partial charge in [-0.15, -0.1) is 0 Å². The number of ether oxygens (including phenoxy) is 1. The minimum absolute atomic E-state index is 0.161. The Morgan fingerprint density at radius 3 is 2.57 bits per heavy atom. The highest BCUT2D eigenvalue weighted by Crippen LogP contribution is 2.29. The summed E-state index contributed by atoms with van der Waals surface area (Å²) < 4.78 is 5.09. The number of amides is 2. The molecule has 3 aromatic rings. The molecular weight excluding hydrogens is 438 g/mol. The van der Waals surface area contributed by atoms with Gasteiger partial charge in [-0.25, -0.2) is 0 Å². The Hall–Kier alpha value is -3.90. The van der Waals surface area contributed by atoms with Gasteiger partial charge >= 0.3 is 0 Å². The Morgan fingerprint density at radius 1 is 1.00 bits per heavy atom. The molecule has 1 aliphatic rings. The average molecular weight is 470 g/mol. The SMILES string of the molecule is COCCCNC(=O)c1cc(NC(=O)/C=C/c2ccccc2)ccc1N1CCc2ccccc2C1. The number of nitrogens with one attached hydrogen (secondary N) is 2. The molecule has 2 amide bonds. The summed E-state index contributed by atoms with van der Waals surface area (Å²) in [5.41, 5.74) is 5.56. The van der Waals surface area contributed by atoms with E-state index in [9.17, 15) is 9.59 Å². The van der Waals surface area contributed by atoms with Crippen LogP contribution in [0.2, 0.25) is 0 Å². The van der Waals surface area contributed by atoms with Crippen molar-refractivity contribution in [3.8, 4) is 0 Å². The average Bonchev–Trinajstić information content (AvgIpc) is 2.90. The van der Waals surface area contributed by atoms with Gasteiger partial charge in [-0.3, -0.25) is 9.59 Å². The summed E-state index contributed by atoms with van der Waals surface area (Å²) in [5, 5.41) is 5.87. The molecule has 6 nitrogen and oxygen atoms in total.